The van der Waals surface area contributed by atoms with Gasteiger partial charge in [-0.3, -0.25) is 14.4 Å². The number of nitrogens with zero attached hydrogens (tertiary/aromatic N) is 2. The maximum atomic E-state index is 12.4. The van der Waals surface area contributed by atoms with Crippen molar-refractivity contribution in [3.63, 3.8) is 0 Å². The van der Waals surface area contributed by atoms with Crippen LogP contribution < -0.4 is 5.32 Å². The minimum absolute atomic E-state index is 0.0135. The largest absolute Gasteiger partial charge is 0.352 e. The quantitative estimate of drug-likeness (QED) is 0.787. The zero-order valence-electron chi connectivity index (χ0n) is 13.8. The van der Waals surface area contributed by atoms with Gasteiger partial charge in [0.25, 0.3) is 0 Å². The highest BCUT2D eigenvalue weighted by atomic mass is 16.2. The normalized spacial score (nSPS) is 24.3. The van der Waals surface area contributed by atoms with Crippen molar-refractivity contribution in [1.29, 1.82) is 0 Å². The van der Waals surface area contributed by atoms with Crippen LogP contribution in [0.4, 0.5) is 0 Å². The second kappa shape index (κ2) is 7.32. The number of nitrogens with one attached hydrogen (secondary N) is 1. The lowest BCUT2D eigenvalue weighted by Gasteiger charge is -2.39. The van der Waals surface area contributed by atoms with Crippen molar-refractivity contribution < 1.29 is 14.4 Å². The number of hydrogen-bond donors (Lipinski definition) is 1. The average Bonchev–Trinajstić information content (AvgIpc) is 3.06. The third kappa shape index (κ3) is 3.85. The van der Waals surface area contributed by atoms with E-state index in [9.17, 15) is 14.4 Å². The van der Waals surface area contributed by atoms with Crippen LogP contribution in [0, 0.1) is 0 Å². The Morgan fingerprint density at radius 3 is 2.26 bits per heavy atom. The van der Waals surface area contributed by atoms with Gasteiger partial charge < -0.3 is 15.1 Å². The van der Waals surface area contributed by atoms with Crippen LogP contribution in [0.1, 0.15) is 57.8 Å². The second-order valence-electron chi connectivity index (χ2n) is 7.07. The summed E-state index contributed by atoms with van der Waals surface area (Å²) in [6.45, 7) is 1.05. The number of carbonyl (C=O) groups excluding carboxylic acids is 3. The molecule has 1 heterocycles. The van der Waals surface area contributed by atoms with Gasteiger partial charge >= 0.3 is 11.8 Å². The maximum Gasteiger partial charge on any atom is 0.312 e. The lowest BCUT2D eigenvalue weighted by atomic mass is 9.93. The van der Waals surface area contributed by atoms with Gasteiger partial charge in [0.2, 0.25) is 5.91 Å². The Balaban J connectivity index is 1.51. The van der Waals surface area contributed by atoms with Crippen LogP contribution in [0.5, 0.6) is 0 Å². The van der Waals surface area contributed by atoms with Gasteiger partial charge in [-0.2, -0.15) is 0 Å². The van der Waals surface area contributed by atoms with Crippen molar-refractivity contribution in [2.45, 2.75) is 69.9 Å². The lowest BCUT2D eigenvalue weighted by molar-refractivity contribution is -0.159. The predicted octanol–water partition coefficient (Wildman–Crippen LogP) is 1.05. The average molecular weight is 321 g/mol. The van der Waals surface area contributed by atoms with Crippen molar-refractivity contribution in [3.8, 4) is 0 Å². The fourth-order valence-corrected chi connectivity index (χ4v) is 4.10. The van der Waals surface area contributed by atoms with Crippen molar-refractivity contribution in [3.05, 3.63) is 0 Å². The zero-order valence-corrected chi connectivity index (χ0v) is 13.8. The van der Waals surface area contributed by atoms with E-state index < -0.39 is 11.8 Å². The fraction of sp³-hybridized carbons (Fsp3) is 0.824. The first kappa shape index (κ1) is 16.3. The van der Waals surface area contributed by atoms with Gasteiger partial charge in [-0.1, -0.05) is 32.1 Å². The Morgan fingerprint density at radius 2 is 1.57 bits per heavy atom. The summed E-state index contributed by atoms with van der Waals surface area (Å²) in [5.41, 5.74) is 0. The lowest BCUT2D eigenvalue weighted by Crippen LogP contribution is -2.59. The van der Waals surface area contributed by atoms with Crippen LogP contribution >= 0.6 is 0 Å². The van der Waals surface area contributed by atoms with E-state index in [1.165, 1.54) is 11.3 Å². The SMILES string of the molecule is O=C(CN1CCN(C2CCCCC2)C(=O)C1=O)NC1CCCC1. The number of rotatable bonds is 4. The Kier molecular flexibility index (Phi) is 5.18. The van der Waals surface area contributed by atoms with Crippen LogP contribution in [0.25, 0.3) is 0 Å². The molecule has 0 aromatic rings. The summed E-state index contributed by atoms with van der Waals surface area (Å²) in [5.74, 6) is -1.07. The molecule has 3 fully saturated rings. The van der Waals surface area contributed by atoms with Gasteiger partial charge in [-0.15, -0.1) is 0 Å². The minimum atomic E-state index is -0.511. The van der Waals surface area contributed by atoms with E-state index in [1.54, 1.807) is 4.90 Å². The molecular formula is C17H27N3O3. The van der Waals surface area contributed by atoms with Crippen LogP contribution in [0.3, 0.4) is 0 Å². The molecule has 6 nitrogen and oxygen atoms in total. The molecule has 3 aliphatic rings. The molecule has 23 heavy (non-hydrogen) atoms. The predicted molar refractivity (Wildman–Crippen MR) is 85.6 cm³/mol. The molecule has 0 spiro atoms. The monoisotopic (exact) mass is 321 g/mol. The third-order valence-electron chi connectivity index (χ3n) is 5.41. The molecular weight excluding hydrogens is 294 g/mol. The summed E-state index contributed by atoms with van der Waals surface area (Å²) in [7, 11) is 0. The zero-order chi connectivity index (χ0) is 16.2. The van der Waals surface area contributed by atoms with Crippen LogP contribution in [-0.2, 0) is 14.4 Å². The van der Waals surface area contributed by atoms with Crippen molar-refractivity contribution in [2.24, 2.45) is 0 Å². The van der Waals surface area contributed by atoms with E-state index in [1.807, 2.05) is 0 Å². The standard InChI is InChI=1S/C17H27N3O3/c21-15(18-13-6-4-5-7-13)12-19-10-11-20(17(23)16(19)22)14-8-2-1-3-9-14/h13-14H,1-12H2,(H,18,21). The van der Waals surface area contributed by atoms with E-state index in [4.69, 9.17) is 0 Å². The second-order valence-corrected chi connectivity index (χ2v) is 7.07. The van der Waals surface area contributed by atoms with E-state index in [0.29, 0.717) is 13.1 Å². The van der Waals surface area contributed by atoms with E-state index in [2.05, 4.69) is 5.32 Å². The number of hydrogen-bond acceptors (Lipinski definition) is 3. The molecule has 0 atom stereocenters. The number of carbonyl (C=O) groups is 3. The highest BCUT2D eigenvalue weighted by Crippen LogP contribution is 2.24. The van der Waals surface area contributed by atoms with E-state index in [-0.39, 0.29) is 24.5 Å². The van der Waals surface area contributed by atoms with Gasteiger partial charge in [-0.25, -0.2) is 0 Å². The Morgan fingerprint density at radius 1 is 0.913 bits per heavy atom. The molecule has 0 bridgehead atoms. The molecule has 128 valence electrons. The van der Waals surface area contributed by atoms with Gasteiger partial charge in [0.05, 0.1) is 0 Å². The third-order valence-corrected chi connectivity index (χ3v) is 5.41. The molecule has 0 radical (unpaired) electrons. The maximum absolute atomic E-state index is 12.4. The van der Waals surface area contributed by atoms with Crippen LogP contribution in [0.2, 0.25) is 0 Å². The fourth-order valence-electron chi connectivity index (χ4n) is 4.10. The Labute approximate surface area is 137 Å². The highest BCUT2D eigenvalue weighted by Gasteiger charge is 2.37. The molecule has 0 unspecified atom stereocenters. The number of piperazine rings is 1. The Bertz CT molecular complexity index is 468. The first-order chi connectivity index (χ1) is 11.1. The minimum Gasteiger partial charge on any atom is -0.352 e. The first-order valence-electron chi connectivity index (χ1n) is 9.04. The number of amides is 3. The molecule has 3 amide bonds. The molecule has 0 aromatic carbocycles. The molecule has 1 saturated heterocycles. The van der Waals surface area contributed by atoms with Gasteiger partial charge in [0, 0.05) is 25.2 Å². The van der Waals surface area contributed by atoms with Crippen LogP contribution in [0.15, 0.2) is 0 Å². The molecule has 1 N–H and O–H groups in total. The van der Waals surface area contributed by atoms with Crippen molar-refractivity contribution in [2.75, 3.05) is 19.6 Å². The van der Waals surface area contributed by atoms with Gasteiger partial charge in [-0.05, 0) is 25.7 Å². The van der Waals surface area contributed by atoms with E-state index >= 15 is 0 Å². The van der Waals surface area contributed by atoms with Crippen molar-refractivity contribution in [1.82, 2.24) is 15.1 Å². The van der Waals surface area contributed by atoms with Gasteiger partial charge in [0.1, 0.15) is 6.54 Å². The molecule has 2 saturated carbocycles. The summed E-state index contributed by atoms with van der Waals surface area (Å²) in [6, 6.07) is 0.464. The topological polar surface area (TPSA) is 69.7 Å². The van der Waals surface area contributed by atoms with Gasteiger partial charge in [0.15, 0.2) is 0 Å². The van der Waals surface area contributed by atoms with Crippen molar-refractivity contribution >= 4 is 17.7 Å². The smallest absolute Gasteiger partial charge is 0.312 e. The molecule has 1 aliphatic heterocycles. The summed E-state index contributed by atoms with van der Waals surface area (Å²) in [5, 5.41) is 2.98. The highest BCUT2D eigenvalue weighted by molar-refractivity contribution is 6.35. The summed E-state index contributed by atoms with van der Waals surface area (Å²) < 4.78 is 0. The summed E-state index contributed by atoms with van der Waals surface area (Å²) in [6.07, 6.45) is 9.85. The van der Waals surface area contributed by atoms with E-state index in [0.717, 1.165) is 51.4 Å². The molecule has 6 heteroatoms. The summed E-state index contributed by atoms with van der Waals surface area (Å²) in [4.78, 5) is 39.9. The molecule has 2 aliphatic carbocycles. The van der Waals surface area contributed by atoms with Crippen LogP contribution in [-0.4, -0.2) is 59.2 Å². The molecule has 3 rings (SSSR count). The summed E-state index contributed by atoms with van der Waals surface area (Å²) >= 11 is 0. The first-order valence-corrected chi connectivity index (χ1v) is 9.04. The molecule has 0 aromatic heterocycles. The Hall–Kier alpha value is -1.59.